The van der Waals surface area contributed by atoms with E-state index < -0.39 is 0 Å². The predicted octanol–water partition coefficient (Wildman–Crippen LogP) is 3.30. The zero-order valence-corrected chi connectivity index (χ0v) is 11.8. The van der Waals surface area contributed by atoms with Gasteiger partial charge in [0.05, 0.1) is 0 Å². The molecule has 1 amide bonds. The van der Waals surface area contributed by atoms with E-state index in [9.17, 15) is 9.18 Å². The molecule has 0 bridgehead atoms. The van der Waals surface area contributed by atoms with E-state index in [-0.39, 0.29) is 17.6 Å². The third-order valence-electron chi connectivity index (χ3n) is 3.37. The fourth-order valence-corrected chi connectivity index (χ4v) is 2.31. The van der Waals surface area contributed by atoms with E-state index in [0.29, 0.717) is 17.5 Å². The Kier molecular flexibility index (Phi) is 5.96. The molecule has 1 rings (SSSR count). The van der Waals surface area contributed by atoms with Crippen molar-refractivity contribution in [3.8, 4) is 0 Å². The number of nitrogens with one attached hydrogen (secondary N) is 1. The number of carbonyl (C=O) groups is 1. The zero-order chi connectivity index (χ0) is 14.4. The van der Waals surface area contributed by atoms with E-state index in [1.54, 1.807) is 31.5 Å². The molecule has 106 valence electrons. The Balaban J connectivity index is 2.86. The van der Waals surface area contributed by atoms with Gasteiger partial charge < -0.3 is 0 Å². The van der Waals surface area contributed by atoms with Crippen LogP contribution in [0.25, 0.3) is 0 Å². The maximum atomic E-state index is 13.6. The first kappa shape index (κ1) is 15.6. The summed E-state index contributed by atoms with van der Waals surface area (Å²) in [5.41, 5.74) is 3.84. The fraction of sp³-hybridized carbons (Fsp3) is 0.533. The number of hydroxylamine groups is 1. The van der Waals surface area contributed by atoms with Crippen LogP contribution < -0.4 is 5.48 Å². The molecule has 0 aliphatic heterocycles. The molecule has 1 aromatic carbocycles. The number of benzene rings is 1. The van der Waals surface area contributed by atoms with Gasteiger partial charge in [-0.2, -0.15) is 0 Å². The summed E-state index contributed by atoms with van der Waals surface area (Å²) in [6, 6.07) is 3.54. The standard InChI is InChI=1S/C15H22FNO2/c1-4-5-6-13(15(18)17-19)9-12-7-10(2)14(16)11(3)8-12/h7-8,13,19H,4-6,9H2,1-3H3,(H,17,18)/t13-/m1/s1. The SMILES string of the molecule is CCCC[C@H](Cc1cc(C)c(F)c(C)c1)C(=O)NO. The van der Waals surface area contributed by atoms with Gasteiger partial charge >= 0.3 is 0 Å². The highest BCUT2D eigenvalue weighted by Gasteiger charge is 2.18. The highest BCUT2D eigenvalue weighted by molar-refractivity contribution is 5.77. The molecule has 0 heterocycles. The molecule has 0 aliphatic rings. The first-order valence-electron chi connectivity index (χ1n) is 6.69. The second kappa shape index (κ2) is 7.24. The maximum Gasteiger partial charge on any atom is 0.246 e. The Morgan fingerprint density at radius 3 is 2.42 bits per heavy atom. The molecule has 19 heavy (non-hydrogen) atoms. The lowest BCUT2D eigenvalue weighted by Crippen LogP contribution is -2.29. The molecule has 0 aliphatic carbocycles. The highest BCUT2D eigenvalue weighted by Crippen LogP contribution is 2.20. The van der Waals surface area contributed by atoms with Crippen LogP contribution in [0.15, 0.2) is 12.1 Å². The summed E-state index contributed by atoms with van der Waals surface area (Å²) in [4.78, 5) is 11.6. The van der Waals surface area contributed by atoms with E-state index in [1.807, 2.05) is 0 Å². The fourth-order valence-electron chi connectivity index (χ4n) is 2.31. The molecule has 0 saturated heterocycles. The van der Waals surface area contributed by atoms with Crippen LogP contribution in [0.5, 0.6) is 0 Å². The molecule has 1 aromatic rings. The van der Waals surface area contributed by atoms with Crippen molar-refractivity contribution in [3.05, 3.63) is 34.6 Å². The molecule has 4 heteroatoms. The van der Waals surface area contributed by atoms with Crippen LogP contribution in [-0.4, -0.2) is 11.1 Å². The van der Waals surface area contributed by atoms with Crippen LogP contribution in [0.1, 0.15) is 42.9 Å². The lowest BCUT2D eigenvalue weighted by molar-refractivity contribution is -0.133. The van der Waals surface area contributed by atoms with E-state index >= 15 is 0 Å². The number of carbonyl (C=O) groups excluding carboxylic acids is 1. The van der Waals surface area contributed by atoms with Crippen molar-refractivity contribution in [1.82, 2.24) is 5.48 Å². The summed E-state index contributed by atoms with van der Waals surface area (Å²) in [5.74, 6) is -0.831. The van der Waals surface area contributed by atoms with Crippen LogP contribution in [0.4, 0.5) is 4.39 Å². The Morgan fingerprint density at radius 2 is 1.95 bits per heavy atom. The summed E-state index contributed by atoms with van der Waals surface area (Å²) in [6.07, 6.45) is 3.17. The van der Waals surface area contributed by atoms with Gasteiger partial charge in [-0.25, -0.2) is 9.87 Å². The first-order chi connectivity index (χ1) is 8.99. The summed E-state index contributed by atoms with van der Waals surface area (Å²) >= 11 is 0. The molecule has 0 aromatic heterocycles. The Hall–Kier alpha value is -1.42. The molecular weight excluding hydrogens is 245 g/mol. The number of hydrogen-bond donors (Lipinski definition) is 2. The minimum absolute atomic E-state index is 0.194. The number of unbranched alkanes of at least 4 members (excludes halogenated alkanes) is 1. The molecule has 0 saturated carbocycles. The largest absolute Gasteiger partial charge is 0.289 e. The average molecular weight is 267 g/mol. The van der Waals surface area contributed by atoms with Crippen molar-refractivity contribution in [3.63, 3.8) is 0 Å². The van der Waals surface area contributed by atoms with Crippen LogP contribution in [0.2, 0.25) is 0 Å². The monoisotopic (exact) mass is 267 g/mol. The molecule has 1 atom stereocenters. The molecule has 3 nitrogen and oxygen atoms in total. The predicted molar refractivity (Wildman–Crippen MR) is 72.5 cm³/mol. The van der Waals surface area contributed by atoms with Crippen molar-refractivity contribution >= 4 is 5.91 Å². The van der Waals surface area contributed by atoms with Crippen molar-refractivity contribution in [2.45, 2.75) is 46.5 Å². The summed E-state index contributed by atoms with van der Waals surface area (Å²) in [6.45, 7) is 5.50. The molecule has 0 fully saturated rings. The topological polar surface area (TPSA) is 49.3 Å². The van der Waals surface area contributed by atoms with Gasteiger partial charge in [0.25, 0.3) is 0 Å². The van der Waals surface area contributed by atoms with Crippen molar-refractivity contribution < 1.29 is 14.4 Å². The van der Waals surface area contributed by atoms with Gasteiger partial charge in [0.2, 0.25) is 5.91 Å². The van der Waals surface area contributed by atoms with Gasteiger partial charge in [0.1, 0.15) is 5.82 Å². The third-order valence-corrected chi connectivity index (χ3v) is 3.37. The minimum Gasteiger partial charge on any atom is -0.289 e. The summed E-state index contributed by atoms with van der Waals surface area (Å²) < 4.78 is 13.6. The minimum atomic E-state index is -0.368. The van der Waals surface area contributed by atoms with Crippen molar-refractivity contribution in [2.24, 2.45) is 5.92 Å². The van der Waals surface area contributed by atoms with Gasteiger partial charge in [-0.1, -0.05) is 31.9 Å². The average Bonchev–Trinajstić information content (AvgIpc) is 2.39. The molecule has 0 unspecified atom stereocenters. The Labute approximate surface area is 113 Å². The first-order valence-corrected chi connectivity index (χ1v) is 6.69. The van der Waals surface area contributed by atoms with Gasteiger partial charge in [-0.3, -0.25) is 10.0 Å². The lowest BCUT2D eigenvalue weighted by Gasteiger charge is -2.15. The Morgan fingerprint density at radius 1 is 1.37 bits per heavy atom. The Bertz CT molecular complexity index is 423. The van der Waals surface area contributed by atoms with Gasteiger partial charge in [-0.15, -0.1) is 0 Å². The lowest BCUT2D eigenvalue weighted by atomic mass is 9.92. The van der Waals surface area contributed by atoms with E-state index in [0.717, 1.165) is 24.8 Å². The summed E-state index contributed by atoms with van der Waals surface area (Å²) in [5, 5.41) is 8.78. The zero-order valence-electron chi connectivity index (χ0n) is 11.8. The number of rotatable bonds is 6. The maximum absolute atomic E-state index is 13.6. The van der Waals surface area contributed by atoms with E-state index in [2.05, 4.69) is 6.92 Å². The quantitative estimate of drug-likeness (QED) is 0.613. The van der Waals surface area contributed by atoms with E-state index in [1.165, 1.54) is 0 Å². The normalized spacial score (nSPS) is 12.3. The number of hydrogen-bond acceptors (Lipinski definition) is 2. The van der Waals surface area contributed by atoms with Crippen LogP contribution in [0.3, 0.4) is 0 Å². The second-order valence-electron chi connectivity index (χ2n) is 5.06. The second-order valence-corrected chi connectivity index (χ2v) is 5.06. The smallest absolute Gasteiger partial charge is 0.246 e. The molecular formula is C15H22FNO2. The van der Waals surface area contributed by atoms with Crippen LogP contribution in [-0.2, 0) is 11.2 Å². The third kappa shape index (κ3) is 4.31. The van der Waals surface area contributed by atoms with Crippen molar-refractivity contribution in [1.29, 1.82) is 0 Å². The van der Waals surface area contributed by atoms with E-state index in [4.69, 9.17) is 5.21 Å². The molecule has 0 spiro atoms. The van der Waals surface area contributed by atoms with Crippen molar-refractivity contribution in [2.75, 3.05) is 0 Å². The van der Waals surface area contributed by atoms with Gasteiger partial charge in [0, 0.05) is 5.92 Å². The van der Waals surface area contributed by atoms with Gasteiger partial charge in [-0.05, 0) is 43.4 Å². The van der Waals surface area contributed by atoms with Gasteiger partial charge in [0.15, 0.2) is 0 Å². The molecule has 0 radical (unpaired) electrons. The number of aryl methyl sites for hydroxylation is 2. The number of amides is 1. The van der Waals surface area contributed by atoms with Crippen LogP contribution in [0, 0.1) is 25.6 Å². The van der Waals surface area contributed by atoms with Crippen LogP contribution >= 0.6 is 0 Å². The number of halogens is 1. The highest BCUT2D eigenvalue weighted by atomic mass is 19.1. The molecule has 2 N–H and O–H groups in total. The summed E-state index contributed by atoms with van der Waals surface area (Å²) in [7, 11) is 0.